The molecule has 1 aromatic heterocycles. The van der Waals surface area contributed by atoms with Gasteiger partial charge in [0.15, 0.2) is 0 Å². The Morgan fingerprint density at radius 1 is 1.55 bits per heavy atom. The molecule has 20 heavy (non-hydrogen) atoms. The third kappa shape index (κ3) is 2.99. The van der Waals surface area contributed by atoms with Crippen LogP contribution in [0.3, 0.4) is 0 Å². The maximum Gasteiger partial charge on any atom is 0.335 e. The van der Waals surface area contributed by atoms with Crippen LogP contribution in [0, 0.1) is 11.3 Å². The van der Waals surface area contributed by atoms with E-state index in [-0.39, 0.29) is 17.0 Å². The monoisotopic (exact) mass is 334 g/mol. The van der Waals surface area contributed by atoms with E-state index in [9.17, 15) is 4.79 Å². The van der Waals surface area contributed by atoms with Crippen molar-refractivity contribution < 1.29 is 9.90 Å². The van der Waals surface area contributed by atoms with E-state index in [0.29, 0.717) is 10.2 Å². The first-order valence-corrected chi connectivity index (χ1v) is 6.04. The van der Waals surface area contributed by atoms with Gasteiger partial charge in [-0.3, -0.25) is 0 Å². The third-order valence-corrected chi connectivity index (χ3v) is 2.95. The van der Waals surface area contributed by atoms with Crippen molar-refractivity contribution in [2.45, 2.75) is 0 Å². The number of nitriles is 1. The number of tetrazole rings is 1. The van der Waals surface area contributed by atoms with Gasteiger partial charge in [-0.2, -0.15) is 10.5 Å². The van der Waals surface area contributed by atoms with Crippen LogP contribution in [-0.4, -0.2) is 31.7 Å². The molecule has 0 atom stereocenters. The van der Waals surface area contributed by atoms with E-state index in [1.807, 2.05) is 6.07 Å². The lowest BCUT2D eigenvalue weighted by atomic mass is 10.2. The highest BCUT2D eigenvalue weighted by Gasteiger charge is 2.08. The number of allylic oxidation sites excluding steroid dienone is 1. The number of halogens is 1. The second-order valence-electron chi connectivity index (χ2n) is 3.55. The van der Waals surface area contributed by atoms with Gasteiger partial charge < -0.3 is 10.4 Å². The fourth-order valence-corrected chi connectivity index (χ4v) is 1.83. The van der Waals surface area contributed by atoms with Gasteiger partial charge in [-0.25, -0.2) is 4.79 Å². The molecule has 0 saturated carbocycles. The van der Waals surface area contributed by atoms with Crippen molar-refractivity contribution in [3.05, 3.63) is 40.3 Å². The van der Waals surface area contributed by atoms with Gasteiger partial charge in [-0.15, -0.1) is 10.2 Å². The van der Waals surface area contributed by atoms with Gasteiger partial charge in [0.05, 0.1) is 11.3 Å². The minimum absolute atomic E-state index is 0.157. The molecule has 0 aliphatic carbocycles. The van der Waals surface area contributed by atoms with Gasteiger partial charge in [-0.05, 0) is 39.3 Å². The van der Waals surface area contributed by atoms with Crippen molar-refractivity contribution in [3.8, 4) is 6.07 Å². The summed E-state index contributed by atoms with van der Waals surface area (Å²) in [6.45, 7) is 0. The Kier molecular flexibility index (Phi) is 4.07. The number of aromatic carboxylic acids is 1. The van der Waals surface area contributed by atoms with Crippen molar-refractivity contribution in [1.29, 1.82) is 5.26 Å². The summed E-state index contributed by atoms with van der Waals surface area (Å²) in [4.78, 5) is 10.8. The lowest BCUT2D eigenvalue weighted by Crippen LogP contribution is -1.98. The molecule has 1 heterocycles. The van der Waals surface area contributed by atoms with Crippen LogP contribution < -0.4 is 5.32 Å². The van der Waals surface area contributed by atoms with Crippen LogP contribution in [0.5, 0.6) is 0 Å². The maximum atomic E-state index is 10.8. The Labute approximate surface area is 121 Å². The van der Waals surface area contributed by atoms with E-state index >= 15 is 0 Å². The van der Waals surface area contributed by atoms with Gasteiger partial charge in [0, 0.05) is 10.7 Å². The molecular weight excluding hydrogens is 328 g/mol. The summed E-state index contributed by atoms with van der Waals surface area (Å²) < 4.78 is 0.555. The molecule has 2 aromatic rings. The SMILES string of the molecule is N#CC(=CNc1ccc(C(=O)O)cc1Br)c1nn[nH]n1. The van der Waals surface area contributed by atoms with E-state index in [4.69, 9.17) is 10.4 Å². The van der Waals surface area contributed by atoms with Crippen LogP contribution in [0.4, 0.5) is 5.69 Å². The summed E-state index contributed by atoms with van der Waals surface area (Å²) in [5.74, 6) is -0.851. The van der Waals surface area contributed by atoms with Crippen LogP contribution in [0.1, 0.15) is 16.2 Å². The molecule has 0 amide bonds. The molecule has 2 rings (SSSR count). The number of carbonyl (C=O) groups is 1. The van der Waals surface area contributed by atoms with Gasteiger partial charge >= 0.3 is 5.97 Å². The zero-order valence-corrected chi connectivity index (χ0v) is 11.4. The molecule has 0 radical (unpaired) electrons. The summed E-state index contributed by atoms with van der Waals surface area (Å²) in [6, 6.07) is 6.41. The fraction of sp³-hybridized carbons (Fsp3) is 0. The lowest BCUT2D eigenvalue weighted by molar-refractivity contribution is 0.0697. The molecule has 8 nitrogen and oxygen atoms in total. The number of aromatic amines is 1. The number of carboxylic acids is 1. The highest BCUT2D eigenvalue weighted by Crippen LogP contribution is 2.24. The van der Waals surface area contributed by atoms with E-state index < -0.39 is 5.97 Å². The van der Waals surface area contributed by atoms with E-state index in [2.05, 4.69) is 41.9 Å². The number of benzene rings is 1. The molecule has 0 bridgehead atoms. The van der Waals surface area contributed by atoms with Crippen LogP contribution >= 0.6 is 15.9 Å². The third-order valence-electron chi connectivity index (χ3n) is 2.29. The first-order chi connectivity index (χ1) is 9.61. The standard InChI is InChI=1S/C11H7BrN6O2/c12-8-3-6(11(19)20)1-2-9(8)14-5-7(4-13)10-15-17-18-16-10/h1-3,5,14H,(H,19,20)(H,15,16,17,18). The molecule has 0 aliphatic heterocycles. The Bertz CT molecular complexity index is 704. The maximum absolute atomic E-state index is 10.8. The van der Waals surface area contributed by atoms with Gasteiger partial charge in [0.2, 0.25) is 5.82 Å². The Morgan fingerprint density at radius 2 is 2.35 bits per heavy atom. The summed E-state index contributed by atoms with van der Waals surface area (Å²) in [5, 5.41) is 33.7. The normalized spacial score (nSPS) is 10.9. The second kappa shape index (κ2) is 5.94. The zero-order valence-electron chi connectivity index (χ0n) is 9.83. The highest BCUT2D eigenvalue weighted by molar-refractivity contribution is 9.10. The summed E-state index contributed by atoms with van der Waals surface area (Å²) >= 11 is 3.25. The van der Waals surface area contributed by atoms with Gasteiger partial charge in [-0.1, -0.05) is 0 Å². The number of aromatic nitrogens is 4. The van der Waals surface area contributed by atoms with Crippen molar-refractivity contribution in [3.63, 3.8) is 0 Å². The average Bonchev–Trinajstić information content (AvgIpc) is 2.95. The smallest absolute Gasteiger partial charge is 0.335 e. The summed E-state index contributed by atoms with van der Waals surface area (Å²) in [7, 11) is 0. The minimum atomic E-state index is -1.02. The second-order valence-corrected chi connectivity index (χ2v) is 4.40. The van der Waals surface area contributed by atoms with E-state index in [1.165, 1.54) is 18.3 Å². The number of carboxylic acid groups (broad SMARTS) is 1. The van der Waals surface area contributed by atoms with Crippen molar-refractivity contribution in [2.24, 2.45) is 0 Å². The zero-order chi connectivity index (χ0) is 14.5. The Morgan fingerprint density at radius 3 is 2.90 bits per heavy atom. The predicted octanol–water partition coefficient (Wildman–Crippen LogP) is 1.64. The molecule has 9 heteroatoms. The summed E-state index contributed by atoms with van der Waals surface area (Å²) in [5.41, 5.74) is 0.948. The number of nitrogens with zero attached hydrogens (tertiary/aromatic N) is 4. The lowest BCUT2D eigenvalue weighted by Gasteiger charge is -2.05. The number of hydrogen-bond acceptors (Lipinski definition) is 6. The molecule has 0 aliphatic rings. The number of hydrogen-bond donors (Lipinski definition) is 3. The number of anilines is 1. The van der Waals surface area contributed by atoms with Crippen molar-refractivity contribution in [1.82, 2.24) is 20.6 Å². The number of nitrogens with one attached hydrogen (secondary N) is 2. The van der Waals surface area contributed by atoms with E-state index in [0.717, 1.165) is 0 Å². The van der Waals surface area contributed by atoms with E-state index in [1.54, 1.807) is 6.07 Å². The topological polar surface area (TPSA) is 128 Å². The van der Waals surface area contributed by atoms with Crippen LogP contribution in [0.2, 0.25) is 0 Å². The average molecular weight is 335 g/mol. The Hall–Kier alpha value is -2.73. The molecule has 100 valence electrons. The first-order valence-electron chi connectivity index (χ1n) is 5.25. The molecule has 1 aromatic carbocycles. The van der Waals surface area contributed by atoms with Crippen molar-refractivity contribution in [2.75, 3.05) is 5.32 Å². The Balaban J connectivity index is 2.22. The number of rotatable bonds is 4. The predicted molar refractivity (Wildman–Crippen MR) is 72.5 cm³/mol. The summed E-state index contributed by atoms with van der Waals surface area (Å²) in [6.07, 6.45) is 1.41. The number of H-pyrrole nitrogens is 1. The largest absolute Gasteiger partial charge is 0.478 e. The van der Waals surface area contributed by atoms with Gasteiger partial charge in [0.1, 0.15) is 11.6 Å². The van der Waals surface area contributed by atoms with Gasteiger partial charge in [0.25, 0.3) is 0 Å². The van der Waals surface area contributed by atoms with Crippen LogP contribution in [-0.2, 0) is 0 Å². The molecule has 0 fully saturated rings. The molecule has 0 spiro atoms. The minimum Gasteiger partial charge on any atom is -0.478 e. The molecular formula is C11H7BrN6O2. The molecule has 0 saturated heterocycles. The molecule has 3 N–H and O–H groups in total. The molecule has 0 unspecified atom stereocenters. The van der Waals surface area contributed by atoms with Crippen molar-refractivity contribution >= 4 is 33.2 Å². The van der Waals surface area contributed by atoms with Crippen LogP contribution in [0.15, 0.2) is 28.9 Å². The first kappa shape index (κ1) is 13.7. The fourth-order valence-electron chi connectivity index (χ4n) is 1.34. The van der Waals surface area contributed by atoms with Crippen LogP contribution in [0.25, 0.3) is 5.57 Å². The highest BCUT2D eigenvalue weighted by atomic mass is 79.9. The quantitative estimate of drug-likeness (QED) is 0.725.